The number of halogens is 1. The second kappa shape index (κ2) is 6.23. The van der Waals surface area contributed by atoms with Gasteiger partial charge in [-0.3, -0.25) is 4.79 Å². The van der Waals surface area contributed by atoms with E-state index >= 15 is 0 Å². The Morgan fingerprint density at radius 2 is 2.26 bits per heavy atom. The van der Waals surface area contributed by atoms with Crippen LogP contribution in [0, 0.1) is 5.92 Å². The average molecular weight is 285 g/mol. The van der Waals surface area contributed by atoms with Crippen molar-refractivity contribution < 1.29 is 14.3 Å². The minimum absolute atomic E-state index is 0.0318. The molecule has 0 radical (unpaired) electrons. The van der Waals surface area contributed by atoms with Gasteiger partial charge in [-0.1, -0.05) is 11.6 Å². The van der Waals surface area contributed by atoms with Gasteiger partial charge in [0.1, 0.15) is 5.75 Å². The van der Waals surface area contributed by atoms with Gasteiger partial charge in [0.05, 0.1) is 37.0 Å². The molecular weight excluding hydrogens is 268 g/mol. The number of anilines is 1. The molecule has 1 aromatic rings. The topological polar surface area (TPSA) is 59.6 Å². The van der Waals surface area contributed by atoms with E-state index in [1.165, 1.54) is 0 Å². The van der Waals surface area contributed by atoms with Crippen molar-refractivity contribution in [2.24, 2.45) is 5.92 Å². The smallest absolute Gasteiger partial charge is 0.231 e. The molecule has 6 heteroatoms. The molecule has 1 fully saturated rings. The lowest BCUT2D eigenvalue weighted by Crippen LogP contribution is -2.39. The van der Waals surface area contributed by atoms with E-state index in [4.69, 9.17) is 21.1 Å². The third-order valence-electron chi connectivity index (χ3n) is 3.22. The predicted molar refractivity (Wildman–Crippen MR) is 73.8 cm³/mol. The lowest BCUT2D eigenvalue weighted by atomic mass is 10.0. The Bertz CT molecular complexity index is 467. The highest BCUT2D eigenvalue weighted by Gasteiger charge is 2.33. The molecule has 2 atom stereocenters. The molecule has 1 amide bonds. The maximum Gasteiger partial charge on any atom is 0.231 e. The van der Waals surface area contributed by atoms with Gasteiger partial charge >= 0.3 is 0 Å². The highest BCUT2D eigenvalue weighted by molar-refractivity contribution is 6.33. The number of carbonyl (C=O) groups is 1. The van der Waals surface area contributed by atoms with E-state index in [0.717, 1.165) is 0 Å². The summed E-state index contributed by atoms with van der Waals surface area (Å²) in [5.74, 6) is 0.326. The normalized spacial score (nSPS) is 22.3. The van der Waals surface area contributed by atoms with Gasteiger partial charge in [0.15, 0.2) is 0 Å². The maximum absolute atomic E-state index is 12.2. The molecule has 104 valence electrons. The molecular formula is C13H17ClN2O3. The zero-order valence-electron chi connectivity index (χ0n) is 10.9. The Morgan fingerprint density at radius 1 is 1.47 bits per heavy atom. The molecule has 5 nitrogen and oxygen atoms in total. The van der Waals surface area contributed by atoms with Crippen LogP contribution in [0.4, 0.5) is 5.69 Å². The Morgan fingerprint density at radius 3 is 2.95 bits per heavy atom. The van der Waals surface area contributed by atoms with Crippen LogP contribution in [0.3, 0.4) is 0 Å². The Labute approximate surface area is 117 Å². The van der Waals surface area contributed by atoms with Crippen LogP contribution in [0.25, 0.3) is 0 Å². The summed E-state index contributed by atoms with van der Waals surface area (Å²) in [5.41, 5.74) is 0.549. The van der Waals surface area contributed by atoms with Gasteiger partial charge in [-0.15, -0.1) is 0 Å². The molecule has 1 aromatic carbocycles. The van der Waals surface area contributed by atoms with E-state index in [1.54, 1.807) is 25.3 Å². The number of likely N-dealkylation sites (N-methyl/N-ethyl adjacent to an activating group) is 1. The first-order valence-corrected chi connectivity index (χ1v) is 6.43. The molecule has 2 unspecified atom stereocenters. The summed E-state index contributed by atoms with van der Waals surface area (Å²) in [6.07, 6.45) is 0. The SMILES string of the molecule is CNC1COCC1C(=O)Nc1cc(OC)ccc1Cl. The van der Waals surface area contributed by atoms with Gasteiger partial charge in [0.2, 0.25) is 5.91 Å². The van der Waals surface area contributed by atoms with E-state index in [2.05, 4.69) is 10.6 Å². The summed E-state index contributed by atoms with van der Waals surface area (Å²) in [6, 6.07) is 5.16. The highest BCUT2D eigenvalue weighted by Crippen LogP contribution is 2.27. The lowest BCUT2D eigenvalue weighted by molar-refractivity contribution is -0.120. The number of ether oxygens (including phenoxy) is 2. The number of benzene rings is 1. The number of hydrogen-bond donors (Lipinski definition) is 2. The minimum Gasteiger partial charge on any atom is -0.497 e. The van der Waals surface area contributed by atoms with Gasteiger partial charge in [0.25, 0.3) is 0 Å². The van der Waals surface area contributed by atoms with E-state index in [9.17, 15) is 4.79 Å². The maximum atomic E-state index is 12.2. The Balaban J connectivity index is 2.10. The number of rotatable bonds is 4. The van der Waals surface area contributed by atoms with E-state index in [1.807, 2.05) is 7.05 Å². The average Bonchev–Trinajstić information content (AvgIpc) is 2.89. The van der Waals surface area contributed by atoms with Crippen LogP contribution < -0.4 is 15.4 Å². The lowest BCUT2D eigenvalue weighted by Gasteiger charge is -2.17. The molecule has 0 spiro atoms. The van der Waals surface area contributed by atoms with Gasteiger partial charge < -0.3 is 20.1 Å². The first-order chi connectivity index (χ1) is 9.15. The van der Waals surface area contributed by atoms with Crippen LogP contribution in [0.5, 0.6) is 5.75 Å². The fourth-order valence-corrected chi connectivity index (χ4v) is 2.21. The molecule has 1 aliphatic heterocycles. The van der Waals surface area contributed by atoms with Crippen LogP contribution in [-0.2, 0) is 9.53 Å². The zero-order valence-corrected chi connectivity index (χ0v) is 11.7. The van der Waals surface area contributed by atoms with Crippen molar-refractivity contribution >= 4 is 23.2 Å². The summed E-state index contributed by atoms with van der Waals surface area (Å²) < 4.78 is 10.4. The Kier molecular flexibility index (Phi) is 4.63. The first-order valence-electron chi connectivity index (χ1n) is 6.05. The third-order valence-corrected chi connectivity index (χ3v) is 3.55. The number of amides is 1. The second-order valence-corrected chi connectivity index (χ2v) is 4.78. The quantitative estimate of drug-likeness (QED) is 0.880. The largest absolute Gasteiger partial charge is 0.497 e. The number of carbonyl (C=O) groups excluding carboxylic acids is 1. The van der Waals surface area contributed by atoms with Crippen molar-refractivity contribution in [1.82, 2.24) is 5.32 Å². The number of nitrogens with one attached hydrogen (secondary N) is 2. The summed E-state index contributed by atoms with van der Waals surface area (Å²) >= 11 is 6.06. The van der Waals surface area contributed by atoms with Crippen LogP contribution in [0.15, 0.2) is 18.2 Å². The molecule has 0 bridgehead atoms. The van der Waals surface area contributed by atoms with Gasteiger partial charge in [-0.05, 0) is 19.2 Å². The fraction of sp³-hybridized carbons (Fsp3) is 0.462. The highest BCUT2D eigenvalue weighted by atomic mass is 35.5. The zero-order chi connectivity index (χ0) is 13.8. The molecule has 1 heterocycles. The van der Waals surface area contributed by atoms with Gasteiger partial charge in [-0.25, -0.2) is 0 Å². The minimum atomic E-state index is -0.215. The fourth-order valence-electron chi connectivity index (χ4n) is 2.05. The summed E-state index contributed by atoms with van der Waals surface area (Å²) in [6.45, 7) is 0.958. The monoisotopic (exact) mass is 284 g/mol. The Hall–Kier alpha value is -1.30. The summed E-state index contributed by atoms with van der Waals surface area (Å²) in [7, 11) is 3.38. The van der Waals surface area contributed by atoms with Crippen molar-refractivity contribution in [2.45, 2.75) is 6.04 Å². The van der Waals surface area contributed by atoms with E-state index in [0.29, 0.717) is 29.7 Å². The van der Waals surface area contributed by atoms with Crippen LogP contribution in [0.1, 0.15) is 0 Å². The van der Waals surface area contributed by atoms with Crippen LogP contribution in [0.2, 0.25) is 5.02 Å². The van der Waals surface area contributed by atoms with Crippen LogP contribution in [-0.4, -0.2) is 39.3 Å². The molecule has 2 rings (SSSR count). The summed E-state index contributed by atoms with van der Waals surface area (Å²) in [5, 5.41) is 6.38. The number of hydrogen-bond acceptors (Lipinski definition) is 4. The van der Waals surface area contributed by atoms with E-state index in [-0.39, 0.29) is 17.9 Å². The standard InChI is InChI=1S/C13H17ClN2O3/c1-15-12-7-19-6-9(12)13(17)16-11-5-8(18-2)3-4-10(11)14/h3-5,9,12,15H,6-7H2,1-2H3,(H,16,17). The van der Waals surface area contributed by atoms with Gasteiger partial charge in [-0.2, -0.15) is 0 Å². The van der Waals surface area contributed by atoms with Crippen molar-refractivity contribution in [2.75, 3.05) is 32.7 Å². The molecule has 1 saturated heterocycles. The van der Waals surface area contributed by atoms with Crippen LogP contribution >= 0.6 is 11.6 Å². The predicted octanol–water partition coefficient (Wildman–Crippen LogP) is 1.52. The molecule has 0 saturated carbocycles. The molecule has 19 heavy (non-hydrogen) atoms. The first kappa shape index (κ1) is 14.1. The van der Waals surface area contributed by atoms with E-state index < -0.39 is 0 Å². The third kappa shape index (κ3) is 3.18. The summed E-state index contributed by atoms with van der Waals surface area (Å²) in [4.78, 5) is 12.2. The van der Waals surface area contributed by atoms with Gasteiger partial charge in [0, 0.05) is 12.1 Å². The molecule has 0 aromatic heterocycles. The molecule has 2 N–H and O–H groups in total. The molecule has 0 aliphatic carbocycles. The second-order valence-electron chi connectivity index (χ2n) is 4.37. The van der Waals surface area contributed by atoms with Crippen molar-refractivity contribution in [3.63, 3.8) is 0 Å². The van der Waals surface area contributed by atoms with Crippen molar-refractivity contribution in [1.29, 1.82) is 0 Å². The van der Waals surface area contributed by atoms with Crippen molar-refractivity contribution in [3.05, 3.63) is 23.2 Å². The molecule has 1 aliphatic rings. The van der Waals surface area contributed by atoms with Crippen molar-refractivity contribution in [3.8, 4) is 5.75 Å². The number of methoxy groups -OCH3 is 1.